The van der Waals surface area contributed by atoms with Gasteiger partial charge >= 0.3 is 6.03 Å². The van der Waals surface area contributed by atoms with Crippen LogP contribution >= 0.6 is 0 Å². The highest BCUT2D eigenvalue weighted by Gasteiger charge is 2.50. The Kier molecular flexibility index (Phi) is 5.79. The molecule has 0 unspecified atom stereocenters. The van der Waals surface area contributed by atoms with Crippen LogP contribution < -0.4 is 10.1 Å². The van der Waals surface area contributed by atoms with Gasteiger partial charge in [-0.2, -0.15) is 0 Å². The molecule has 7 nitrogen and oxygen atoms in total. The lowest BCUT2D eigenvalue weighted by Crippen LogP contribution is -2.47. The Balaban J connectivity index is 1.55. The molecule has 0 bridgehead atoms. The van der Waals surface area contributed by atoms with Crippen molar-refractivity contribution in [3.63, 3.8) is 0 Å². The summed E-state index contributed by atoms with van der Waals surface area (Å²) in [7, 11) is 0. The molecule has 27 heavy (non-hydrogen) atoms. The van der Waals surface area contributed by atoms with Crippen LogP contribution in [0.15, 0.2) is 24.3 Å². The minimum absolute atomic E-state index is 0.0346. The zero-order valence-electron chi connectivity index (χ0n) is 15.6. The molecule has 1 aliphatic heterocycles. The fourth-order valence-corrected chi connectivity index (χ4v) is 3.75. The topological polar surface area (TPSA) is 95.9 Å². The molecule has 2 aliphatic rings. The molecule has 7 heteroatoms. The van der Waals surface area contributed by atoms with Gasteiger partial charge in [0.1, 0.15) is 24.0 Å². The Morgan fingerprint density at radius 1 is 1.19 bits per heavy atom. The second-order valence-corrected chi connectivity index (χ2v) is 7.39. The van der Waals surface area contributed by atoms with E-state index in [4.69, 9.17) is 4.74 Å². The van der Waals surface area contributed by atoms with Gasteiger partial charge in [0.15, 0.2) is 5.78 Å². The Hall–Kier alpha value is -2.41. The average Bonchev–Trinajstić information content (AvgIpc) is 2.82. The van der Waals surface area contributed by atoms with Crippen molar-refractivity contribution < 1.29 is 24.2 Å². The van der Waals surface area contributed by atoms with E-state index in [2.05, 4.69) is 5.32 Å². The van der Waals surface area contributed by atoms with Crippen molar-refractivity contribution in [3.8, 4) is 5.75 Å². The Morgan fingerprint density at radius 3 is 2.41 bits per heavy atom. The minimum atomic E-state index is -0.992. The van der Waals surface area contributed by atoms with Crippen molar-refractivity contribution >= 4 is 17.7 Å². The van der Waals surface area contributed by atoms with E-state index < -0.39 is 17.7 Å². The molecule has 146 valence electrons. The molecule has 1 saturated heterocycles. The van der Waals surface area contributed by atoms with Crippen LogP contribution in [0.5, 0.6) is 5.75 Å². The summed E-state index contributed by atoms with van der Waals surface area (Å²) >= 11 is 0. The number of ketones is 1. The van der Waals surface area contributed by atoms with Gasteiger partial charge in [-0.1, -0.05) is 25.7 Å². The number of ether oxygens (including phenoxy) is 1. The number of hydrogen-bond donors (Lipinski definition) is 2. The predicted molar refractivity (Wildman–Crippen MR) is 98.6 cm³/mol. The van der Waals surface area contributed by atoms with Gasteiger partial charge in [0.25, 0.3) is 5.91 Å². The van der Waals surface area contributed by atoms with Gasteiger partial charge in [-0.3, -0.25) is 14.5 Å². The van der Waals surface area contributed by atoms with E-state index in [9.17, 15) is 19.5 Å². The molecule has 3 amide bonds. The van der Waals surface area contributed by atoms with E-state index in [0.717, 1.165) is 30.6 Å². The smallest absolute Gasteiger partial charge is 0.325 e. The molecular formula is C20H26N2O5. The molecule has 1 saturated carbocycles. The minimum Gasteiger partial charge on any atom is -0.491 e. The summed E-state index contributed by atoms with van der Waals surface area (Å²) in [6.07, 6.45) is 4.30. The summed E-state index contributed by atoms with van der Waals surface area (Å²) in [6.45, 7) is 1.33. The maximum Gasteiger partial charge on any atom is 0.325 e. The largest absolute Gasteiger partial charge is 0.491 e. The van der Waals surface area contributed by atoms with Crippen molar-refractivity contribution in [2.24, 2.45) is 0 Å². The fourth-order valence-electron chi connectivity index (χ4n) is 3.75. The Morgan fingerprint density at radius 2 is 1.81 bits per heavy atom. The van der Waals surface area contributed by atoms with Crippen molar-refractivity contribution in [2.75, 3.05) is 13.2 Å². The molecule has 1 aliphatic carbocycles. The summed E-state index contributed by atoms with van der Waals surface area (Å²) in [6, 6.07) is 6.16. The molecule has 1 aromatic carbocycles. The third-order valence-electron chi connectivity index (χ3n) is 5.30. The van der Waals surface area contributed by atoms with Crippen LogP contribution in [-0.2, 0) is 4.79 Å². The molecule has 2 N–H and O–H groups in total. The van der Waals surface area contributed by atoms with Crippen LogP contribution in [0.1, 0.15) is 55.8 Å². The maximum atomic E-state index is 12.8. The molecular weight excluding hydrogens is 348 g/mol. The number of β-amino-alcohol motifs (C(OH)–C–C–N with tert-alkyl or cyclic N) is 1. The highest BCUT2D eigenvalue weighted by atomic mass is 16.5. The number of urea groups is 1. The number of amides is 3. The number of rotatable bonds is 6. The number of hydrogen-bond acceptors (Lipinski definition) is 5. The van der Waals surface area contributed by atoms with E-state index in [1.165, 1.54) is 6.92 Å². The van der Waals surface area contributed by atoms with E-state index in [0.29, 0.717) is 24.2 Å². The van der Waals surface area contributed by atoms with Crippen LogP contribution in [0.2, 0.25) is 0 Å². The Bertz CT molecular complexity index is 708. The van der Waals surface area contributed by atoms with Gasteiger partial charge in [0.05, 0.1) is 6.54 Å². The highest BCUT2D eigenvalue weighted by molar-refractivity contribution is 6.07. The predicted octanol–water partition coefficient (Wildman–Crippen LogP) is 2.27. The normalized spacial score (nSPS) is 20.3. The third kappa shape index (κ3) is 4.30. The molecule has 1 spiro atoms. The van der Waals surface area contributed by atoms with Gasteiger partial charge in [-0.15, -0.1) is 0 Å². The number of carbonyl (C=O) groups is 3. The van der Waals surface area contributed by atoms with Gasteiger partial charge < -0.3 is 15.2 Å². The lowest BCUT2D eigenvalue weighted by molar-refractivity contribution is -0.132. The molecule has 1 heterocycles. The molecule has 1 atom stereocenters. The van der Waals surface area contributed by atoms with E-state index >= 15 is 0 Å². The molecule has 0 aromatic heterocycles. The summed E-state index contributed by atoms with van der Waals surface area (Å²) in [5.41, 5.74) is -0.215. The molecule has 1 aromatic rings. The van der Waals surface area contributed by atoms with Gasteiger partial charge in [0, 0.05) is 5.56 Å². The van der Waals surface area contributed by atoms with Crippen molar-refractivity contribution in [1.82, 2.24) is 10.2 Å². The number of benzene rings is 1. The highest BCUT2D eigenvalue weighted by Crippen LogP contribution is 2.32. The first kappa shape index (κ1) is 19.4. The van der Waals surface area contributed by atoms with Crippen LogP contribution in [0.4, 0.5) is 4.79 Å². The average molecular weight is 374 g/mol. The second kappa shape index (κ2) is 8.08. The number of carbonyl (C=O) groups excluding carboxylic acids is 3. The fraction of sp³-hybridized carbons (Fsp3) is 0.550. The first-order valence-electron chi connectivity index (χ1n) is 9.47. The zero-order chi connectivity index (χ0) is 19.4. The van der Waals surface area contributed by atoms with Crippen LogP contribution in [-0.4, -0.2) is 52.5 Å². The van der Waals surface area contributed by atoms with Gasteiger partial charge in [-0.25, -0.2) is 4.79 Å². The summed E-state index contributed by atoms with van der Waals surface area (Å²) in [4.78, 5) is 37.5. The molecule has 0 radical (unpaired) electrons. The van der Waals surface area contributed by atoms with E-state index in [1.54, 1.807) is 24.3 Å². The maximum absolute atomic E-state index is 12.8. The first-order valence-corrected chi connectivity index (χ1v) is 9.47. The van der Waals surface area contributed by atoms with Crippen LogP contribution in [0, 0.1) is 0 Å². The third-order valence-corrected chi connectivity index (χ3v) is 5.30. The Labute approximate surface area is 158 Å². The van der Waals surface area contributed by atoms with Crippen molar-refractivity contribution in [1.29, 1.82) is 0 Å². The number of nitrogens with zero attached hydrogens (tertiary/aromatic N) is 1. The molecule has 2 fully saturated rings. The van der Waals surface area contributed by atoms with Crippen LogP contribution in [0.3, 0.4) is 0 Å². The lowest BCUT2D eigenvalue weighted by Gasteiger charge is -2.25. The number of imide groups is 1. The van der Waals surface area contributed by atoms with E-state index in [1.807, 2.05) is 0 Å². The summed E-state index contributed by atoms with van der Waals surface area (Å²) in [5, 5.41) is 13.1. The number of nitrogens with one attached hydrogen (secondary N) is 1. The number of aliphatic hydroxyl groups excluding tert-OH is 1. The monoisotopic (exact) mass is 374 g/mol. The zero-order valence-corrected chi connectivity index (χ0v) is 15.6. The van der Waals surface area contributed by atoms with Crippen molar-refractivity contribution in [2.45, 2.75) is 57.1 Å². The van der Waals surface area contributed by atoms with Gasteiger partial charge in [0.2, 0.25) is 0 Å². The van der Waals surface area contributed by atoms with E-state index in [-0.39, 0.29) is 24.8 Å². The SMILES string of the molecule is CC(=O)c1ccc(OC[C@H](O)CN2C(=O)NC3(CCCCCC3)C2=O)cc1. The molecule has 3 rings (SSSR count). The second-order valence-electron chi connectivity index (χ2n) is 7.39. The first-order chi connectivity index (χ1) is 12.9. The number of Topliss-reactive ketones (excluding diaryl/α,β-unsaturated/α-hetero) is 1. The summed E-state index contributed by atoms with van der Waals surface area (Å²) in [5.74, 6) is 0.239. The van der Waals surface area contributed by atoms with Crippen LogP contribution in [0.25, 0.3) is 0 Å². The summed E-state index contributed by atoms with van der Waals surface area (Å²) < 4.78 is 5.51. The quantitative estimate of drug-likeness (QED) is 0.588. The number of aliphatic hydroxyl groups is 1. The standard InChI is InChI=1S/C20H26N2O5/c1-14(23)15-6-8-17(9-7-15)27-13-16(24)12-22-18(25)20(21-19(22)26)10-4-2-3-5-11-20/h6-9,16,24H,2-5,10-13H2,1H3,(H,21,26)/t16-/m1/s1. The lowest BCUT2D eigenvalue weighted by atomic mass is 9.90. The van der Waals surface area contributed by atoms with Crippen molar-refractivity contribution in [3.05, 3.63) is 29.8 Å². The van der Waals surface area contributed by atoms with Gasteiger partial charge in [-0.05, 0) is 44.0 Å².